The zero-order valence-corrected chi connectivity index (χ0v) is 11.3. The van der Waals surface area contributed by atoms with Crippen LogP contribution in [-0.4, -0.2) is 12.6 Å². The van der Waals surface area contributed by atoms with Crippen molar-refractivity contribution < 1.29 is 13.9 Å². The van der Waals surface area contributed by atoms with Gasteiger partial charge >= 0.3 is 5.97 Å². The molecule has 0 N–H and O–H groups in total. The summed E-state index contributed by atoms with van der Waals surface area (Å²) in [6.45, 7) is 0.398. The summed E-state index contributed by atoms with van der Waals surface area (Å²) < 4.78 is 18.7. The molecule has 0 bridgehead atoms. The first-order valence-corrected chi connectivity index (χ1v) is 6.78. The molecule has 0 amide bonds. The highest BCUT2D eigenvalue weighted by Crippen LogP contribution is 2.21. The standard InChI is InChI=1S/C15H16ClFO2/c16-13-7-4-8-14(17)12(13)9-15(18)19-10-11-5-2-1-3-6-11/h1-2,4,7-8,11H,3,5-6,9-10H2. The van der Waals surface area contributed by atoms with Gasteiger partial charge in [-0.25, -0.2) is 4.39 Å². The molecule has 19 heavy (non-hydrogen) atoms. The predicted molar refractivity (Wildman–Crippen MR) is 72.6 cm³/mol. The average molecular weight is 283 g/mol. The maximum Gasteiger partial charge on any atom is 0.310 e. The summed E-state index contributed by atoms with van der Waals surface area (Å²) in [7, 11) is 0. The van der Waals surface area contributed by atoms with Gasteiger partial charge in [-0.15, -0.1) is 0 Å². The first-order valence-electron chi connectivity index (χ1n) is 6.40. The summed E-state index contributed by atoms with van der Waals surface area (Å²) in [5, 5.41) is 0.262. The van der Waals surface area contributed by atoms with E-state index in [4.69, 9.17) is 16.3 Å². The Morgan fingerprint density at radius 3 is 2.95 bits per heavy atom. The monoisotopic (exact) mass is 282 g/mol. The Hall–Kier alpha value is -1.35. The minimum absolute atomic E-state index is 0.117. The van der Waals surface area contributed by atoms with Gasteiger partial charge in [-0.2, -0.15) is 0 Å². The van der Waals surface area contributed by atoms with E-state index in [0.717, 1.165) is 19.3 Å². The Balaban J connectivity index is 1.85. The third kappa shape index (κ3) is 4.06. The molecule has 102 valence electrons. The molecular weight excluding hydrogens is 267 g/mol. The van der Waals surface area contributed by atoms with Gasteiger partial charge in [-0.05, 0) is 37.3 Å². The molecule has 0 aromatic heterocycles. The van der Waals surface area contributed by atoms with Crippen molar-refractivity contribution in [1.82, 2.24) is 0 Å². The normalized spacial score (nSPS) is 18.3. The molecule has 0 radical (unpaired) electrons. The second kappa shape index (κ2) is 6.71. The van der Waals surface area contributed by atoms with Gasteiger partial charge in [0.15, 0.2) is 0 Å². The Labute approximate surface area is 117 Å². The number of carbonyl (C=O) groups excluding carboxylic acids is 1. The van der Waals surface area contributed by atoms with Gasteiger partial charge in [0.05, 0.1) is 13.0 Å². The van der Waals surface area contributed by atoms with Crippen LogP contribution in [0.2, 0.25) is 5.02 Å². The molecule has 0 saturated heterocycles. The van der Waals surface area contributed by atoms with Gasteiger partial charge in [-0.1, -0.05) is 29.8 Å². The van der Waals surface area contributed by atoms with Crippen LogP contribution in [0.1, 0.15) is 24.8 Å². The third-order valence-electron chi connectivity index (χ3n) is 3.24. The van der Waals surface area contributed by atoms with Crippen molar-refractivity contribution >= 4 is 17.6 Å². The number of halogens is 2. The van der Waals surface area contributed by atoms with Crippen molar-refractivity contribution in [3.8, 4) is 0 Å². The van der Waals surface area contributed by atoms with Gasteiger partial charge < -0.3 is 4.74 Å². The van der Waals surface area contributed by atoms with Crippen LogP contribution in [0.15, 0.2) is 30.4 Å². The zero-order chi connectivity index (χ0) is 13.7. The van der Waals surface area contributed by atoms with Crippen molar-refractivity contribution in [3.05, 3.63) is 46.8 Å². The van der Waals surface area contributed by atoms with Crippen LogP contribution >= 0.6 is 11.6 Å². The highest BCUT2D eigenvalue weighted by molar-refractivity contribution is 6.31. The molecule has 0 fully saturated rings. The summed E-state index contributed by atoms with van der Waals surface area (Å²) in [5.41, 5.74) is 0.206. The molecular formula is C15H16ClFO2. The molecule has 1 unspecified atom stereocenters. The van der Waals surface area contributed by atoms with Crippen molar-refractivity contribution in [1.29, 1.82) is 0 Å². The molecule has 1 aromatic carbocycles. The second-order valence-electron chi connectivity index (χ2n) is 4.71. The summed E-state index contributed by atoms with van der Waals surface area (Å²) in [6, 6.07) is 4.38. The molecule has 2 rings (SSSR count). The first kappa shape index (κ1) is 14.1. The minimum Gasteiger partial charge on any atom is -0.465 e. The SMILES string of the molecule is O=C(Cc1c(F)cccc1Cl)OCC1CC=CCC1. The minimum atomic E-state index is -0.468. The van der Waals surface area contributed by atoms with Crippen LogP contribution in [0.25, 0.3) is 0 Å². The summed E-state index contributed by atoms with van der Waals surface area (Å²) >= 11 is 5.87. The topological polar surface area (TPSA) is 26.3 Å². The molecule has 0 saturated carbocycles. The average Bonchev–Trinajstić information content (AvgIpc) is 2.42. The molecule has 1 aliphatic carbocycles. The van der Waals surface area contributed by atoms with Gasteiger partial charge in [0.2, 0.25) is 0 Å². The fraction of sp³-hybridized carbons (Fsp3) is 0.400. The smallest absolute Gasteiger partial charge is 0.310 e. The van der Waals surface area contributed by atoms with E-state index >= 15 is 0 Å². The molecule has 2 nitrogen and oxygen atoms in total. The molecule has 0 aliphatic heterocycles. The molecule has 1 aliphatic rings. The lowest BCUT2D eigenvalue weighted by molar-refractivity contribution is -0.144. The first-order chi connectivity index (χ1) is 9.16. The lowest BCUT2D eigenvalue weighted by Gasteiger charge is -2.17. The molecule has 1 aromatic rings. The highest BCUT2D eigenvalue weighted by atomic mass is 35.5. The van der Waals surface area contributed by atoms with Crippen molar-refractivity contribution in [2.24, 2.45) is 5.92 Å². The van der Waals surface area contributed by atoms with Crippen molar-refractivity contribution in [2.75, 3.05) is 6.61 Å². The molecule has 0 spiro atoms. The Morgan fingerprint density at radius 2 is 2.26 bits per heavy atom. The van der Waals surface area contributed by atoms with E-state index in [1.54, 1.807) is 6.07 Å². The molecule has 4 heteroatoms. The van der Waals surface area contributed by atoms with E-state index < -0.39 is 11.8 Å². The van der Waals surface area contributed by atoms with Gasteiger partial charge in [0, 0.05) is 10.6 Å². The number of rotatable bonds is 4. The zero-order valence-electron chi connectivity index (χ0n) is 10.6. The van der Waals surface area contributed by atoms with Crippen molar-refractivity contribution in [3.63, 3.8) is 0 Å². The van der Waals surface area contributed by atoms with E-state index in [2.05, 4.69) is 12.2 Å². The largest absolute Gasteiger partial charge is 0.465 e. The predicted octanol–water partition coefficient (Wildman–Crippen LogP) is 3.92. The van der Waals surface area contributed by atoms with Crippen molar-refractivity contribution in [2.45, 2.75) is 25.7 Å². The fourth-order valence-electron chi connectivity index (χ4n) is 2.12. The van der Waals surface area contributed by atoms with Gasteiger partial charge in [-0.3, -0.25) is 4.79 Å². The highest BCUT2D eigenvalue weighted by Gasteiger charge is 2.16. The van der Waals surface area contributed by atoms with Crippen LogP contribution in [-0.2, 0) is 16.0 Å². The summed E-state index contributed by atoms with van der Waals surface area (Å²) in [5.74, 6) is -0.517. The van der Waals surface area contributed by atoms with Crippen LogP contribution in [0.3, 0.4) is 0 Å². The van der Waals surface area contributed by atoms with Crippen LogP contribution in [0.4, 0.5) is 4.39 Å². The van der Waals surface area contributed by atoms with E-state index in [1.807, 2.05) is 0 Å². The van der Waals surface area contributed by atoms with Gasteiger partial charge in [0.1, 0.15) is 5.82 Å². The Kier molecular flexibility index (Phi) is 4.97. The van der Waals surface area contributed by atoms with E-state index in [1.165, 1.54) is 12.1 Å². The molecule has 0 heterocycles. The third-order valence-corrected chi connectivity index (χ3v) is 3.59. The van der Waals surface area contributed by atoms with E-state index in [9.17, 15) is 9.18 Å². The lowest BCUT2D eigenvalue weighted by atomic mass is 9.95. The van der Waals surface area contributed by atoms with Gasteiger partial charge in [0.25, 0.3) is 0 Å². The number of benzene rings is 1. The maximum absolute atomic E-state index is 13.5. The quantitative estimate of drug-likeness (QED) is 0.618. The number of hydrogen-bond donors (Lipinski definition) is 0. The van der Waals surface area contributed by atoms with E-state index in [0.29, 0.717) is 12.5 Å². The molecule has 1 atom stereocenters. The maximum atomic E-state index is 13.5. The van der Waals surface area contributed by atoms with Crippen LogP contribution in [0.5, 0.6) is 0 Å². The Morgan fingerprint density at radius 1 is 1.42 bits per heavy atom. The number of allylic oxidation sites excluding steroid dienone is 2. The lowest BCUT2D eigenvalue weighted by Crippen LogP contribution is -2.17. The Bertz CT molecular complexity index is 465. The number of esters is 1. The van der Waals surface area contributed by atoms with E-state index in [-0.39, 0.29) is 17.0 Å². The van der Waals surface area contributed by atoms with Crippen LogP contribution in [0, 0.1) is 11.7 Å². The summed E-state index contributed by atoms with van der Waals surface area (Å²) in [4.78, 5) is 11.7. The fourth-order valence-corrected chi connectivity index (χ4v) is 2.34. The second-order valence-corrected chi connectivity index (χ2v) is 5.12. The number of hydrogen-bond acceptors (Lipinski definition) is 2. The van der Waals surface area contributed by atoms with Crippen LogP contribution < -0.4 is 0 Å². The summed E-state index contributed by atoms with van der Waals surface area (Å²) in [6.07, 6.45) is 7.13. The number of carbonyl (C=O) groups is 1. The number of ether oxygens (including phenoxy) is 1.